The van der Waals surface area contributed by atoms with E-state index in [1.807, 2.05) is 14.0 Å². The zero-order chi connectivity index (χ0) is 14.8. The summed E-state index contributed by atoms with van der Waals surface area (Å²) < 4.78 is 0.840. The van der Waals surface area contributed by atoms with Crippen LogP contribution in [-0.4, -0.2) is 44.0 Å². The van der Waals surface area contributed by atoms with Crippen LogP contribution < -0.4 is 0 Å². The van der Waals surface area contributed by atoms with E-state index in [2.05, 4.69) is 26.5 Å². The summed E-state index contributed by atoms with van der Waals surface area (Å²) in [6.45, 7) is 2.47. The molecule has 0 radical (unpaired) electrons. The Labute approximate surface area is 131 Å². The number of amides is 1. The molecule has 0 unspecified atom stereocenters. The second-order valence-electron chi connectivity index (χ2n) is 5.22. The molecule has 8 heteroatoms. The molecule has 1 amide bonds. The quantitative estimate of drug-likeness (QED) is 0.825. The minimum absolute atomic E-state index is 0.0791. The normalized spacial score (nSPS) is 14.4. The molecule has 112 valence electrons. The van der Waals surface area contributed by atoms with E-state index < -0.39 is 0 Å². The lowest BCUT2D eigenvalue weighted by Gasteiger charge is -2.15. The summed E-state index contributed by atoms with van der Waals surface area (Å²) in [7, 11) is 1.81. The Morgan fingerprint density at radius 2 is 2.33 bits per heavy atom. The molecular weight excluding hydrogens is 306 g/mol. The van der Waals surface area contributed by atoms with Gasteiger partial charge in [0, 0.05) is 13.0 Å². The van der Waals surface area contributed by atoms with Crippen molar-refractivity contribution in [3.05, 3.63) is 22.5 Å². The van der Waals surface area contributed by atoms with Crippen LogP contribution in [-0.2, 0) is 11.3 Å². The Balaban J connectivity index is 1.49. The average Bonchev–Trinajstić information content (AvgIpc) is 3.07. The molecule has 21 heavy (non-hydrogen) atoms. The molecule has 1 N–H and O–H groups in total. The number of rotatable bonds is 6. The molecule has 0 aromatic carbocycles. The van der Waals surface area contributed by atoms with Crippen molar-refractivity contribution >= 4 is 29.0 Å². The minimum atomic E-state index is 0.0791. The van der Waals surface area contributed by atoms with Crippen molar-refractivity contribution in [1.29, 1.82) is 0 Å². The highest BCUT2D eigenvalue weighted by Gasteiger charge is 2.26. The fourth-order valence-electron chi connectivity index (χ4n) is 1.96. The Kier molecular flexibility index (Phi) is 4.25. The number of aromatic nitrogens is 4. The molecule has 0 spiro atoms. The summed E-state index contributed by atoms with van der Waals surface area (Å²) in [6, 6.07) is 2.07. The van der Waals surface area contributed by atoms with Gasteiger partial charge in [-0.15, -0.1) is 10.2 Å². The zero-order valence-electron chi connectivity index (χ0n) is 12.0. The number of hydrogen-bond acceptors (Lipinski definition) is 6. The molecule has 1 saturated carbocycles. The van der Waals surface area contributed by atoms with E-state index in [9.17, 15) is 4.79 Å². The Hall–Kier alpha value is -1.41. The summed E-state index contributed by atoms with van der Waals surface area (Å²) in [6.07, 6.45) is 2.47. The van der Waals surface area contributed by atoms with Gasteiger partial charge in [0.2, 0.25) is 5.91 Å². The van der Waals surface area contributed by atoms with Crippen molar-refractivity contribution < 1.29 is 4.79 Å². The Bertz CT molecular complexity index is 634. The predicted molar refractivity (Wildman–Crippen MR) is 82.4 cm³/mol. The number of carbonyl (C=O) groups is 1. The first-order valence-corrected chi connectivity index (χ1v) is 8.63. The fraction of sp³-hybridized carbons (Fsp3) is 0.538. The van der Waals surface area contributed by atoms with Gasteiger partial charge in [0.05, 0.1) is 23.7 Å². The topological polar surface area (TPSA) is 74.8 Å². The van der Waals surface area contributed by atoms with Crippen LogP contribution in [0, 0.1) is 6.92 Å². The van der Waals surface area contributed by atoms with Gasteiger partial charge < -0.3 is 4.90 Å². The number of hydrogen-bond donors (Lipinski definition) is 1. The standard InChI is InChI=1S/C13H17N5OS2/c1-8-14-17-13(21-8)20-7-12(19)18(2)6-10-5-11(16-15-10)9-3-4-9/h5,9H,3-4,6-7H2,1-2H3,(H,15,16). The molecule has 1 aliphatic carbocycles. The van der Waals surface area contributed by atoms with Crippen LogP contribution in [0.3, 0.4) is 0 Å². The second kappa shape index (κ2) is 6.15. The molecule has 0 saturated heterocycles. The van der Waals surface area contributed by atoms with Crippen LogP contribution in [0.5, 0.6) is 0 Å². The molecule has 3 rings (SSSR count). The molecule has 2 aromatic heterocycles. The van der Waals surface area contributed by atoms with E-state index >= 15 is 0 Å². The molecule has 2 heterocycles. The van der Waals surface area contributed by atoms with Crippen molar-refractivity contribution in [2.75, 3.05) is 12.8 Å². The number of nitrogens with one attached hydrogen (secondary N) is 1. The second-order valence-corrected chi connectivity index (χ2v) is 7.62. The lowest BCUT2D eigenvalue weighted by atomic mass is 10.2. The molecule has 0 aliphatic heterocycles. The molecule has 2 aromatic rings. The monoisotopic (exact) mass is 323 g/mol. The fourth-order valence-corrected chi connectivity index (χ4v) is 3.72. The highest BCUT2D eigenvalue weighted by atomic mass is 32.2. The van der Waals surface area contributed by atoms with Crippen LogP contribution in [0.15, 0.2) is 10.4 Å². The third-order valence-corrected chi connectivity index (χ3v) is 5.26. The summed E-state index contributed by atoms with van der Waals surface area (Å²) in [5, 5.41) is 16.2. The summed E-state index contributed by atoms with van der Waals surface area (Å²) in [5.41, 5.74) is 2.12. The zero-order valence-corrected chi connectivity index (χ0v) is 13.6. The molecule has 1 fully saturated rings. The van der Waals surface area contributed by atoms with Crippen LogP contribution in [0.1, 0.15) is 35.2 Å². The highest BCUT2D eigenvalue weighted by Crippen LogP contribution is 2.39. The van der Waals surface area contributed by atoms with Crippen LogP contribution >= 0.6 is 23.1 Å². The van der Waals surface area contributed by atoms with Crippen molar-refractivity contribution in [1.82, 2.24) is 25.3 Å². The summed E-state index contributed by atoms with van der Waals surface area (Å²) in [5.74, 6) is 1.09. The number of aromatic amines is 1. The smallest absolute Gasteiger partial charge is 0.233 e. The van der Waals surface area contributed by atoms with Gasteiger partial charge in [0.25, 0.3) is 0 Å². The van der Waals surface area contributed by atoms with Gasteiger partial charge >= 0.3 is 0 Å². The highest BCUT2D eigenvalue weighted by molar-refractivity contribution is 8.01. The predicted octanol–water partition coefficient (Wildman–Crippen LogP) is 2.20. The van der Waals surface area contributed by atoms with Crippen molar-refractivity contribution in [2.45, 2.75) is 36.6 Å². The van der Waals surface area contributed by atoms with E-state index in [-0.39, 0.29) is 5.91 Å². The molecular formula is C13H17N5OS2. The first kappa shape index (κ1) is 14.5. The first-order chi connectivity index (χ1) is 10.1. The number of H-pyrrole nitrogens is 1. The summed E-state index contributed by atoms with van der Waals surface area (Å²) in [4.78, 5) is 13.8. The van der Waals surface area contributed by atoms with Crippen molar-refractivity contribution in [3.8, 4) is 0 Å². The molecule has 1 aliphatic rings. The SMILES string of the molecule is Cc1nnc(SCC(=O)N(C)Cc2cc(C3CC3)n[nH]2)s1. The van der Waals surface area contributed by atoms with Crippen LogP contribution in [0.25, 0.3) is 0 Å². The maximum Gasteiger partial charge on any atom is 0.233 e. The van der Waals surface area contributed by atoms with Gasteiger partial charge in [-0.3, -0.25) is 9.89 Å². The van der Waals surface area contributed by atoms with Crippen molar-refractivity contribution in [3.63, 3.8) is 0 Å². The van der Waals surface area contributed by atoms with E-state index in [0.29, 0.717) is 18.2 Å². The van der Waals surface area contributed by atoms with E-state index in [4.69, 9.17) is 0 Å². The lowest BCUT2D eigenvalue weighted by molar-refractivity contribution is -0.127. The number of carbonyl (C=O) groups excluding carboxylic acids is 1. The van der Waals surface area contributed by atoms with Gasteiger partial charge in [-0.05, 0) is 25.8 Å². The van der Waals surface area contributed by atoms with Crippen molar-refractivity contribution in [2.24, 2.45) is 0 Å². The maximum atomic E-state index is 12.1. The van der Waals surface area contributed by atoms with Gasteiger partial charge in [0.1, 0.15) is 5.01 Å². The molecule has 6 nitrogen and oxygen atoms in total. The molecule has 0 bridgehead atoms. The average molecular weight is 323 g/mol. The number of nitrogens with zero attached hydrogens (tertiary/aromatic N) is 4. The molecule has 0 atom stereocenters. The Morgan fingerprint density at radius 3 is 3.00 bits per heavy atom. The largest absolute Gasteiger partial charge is 0.339 e. The third-order valence-electron chi connectivity index (χ3n) is 3.31. The lowest BCUT2D eigenvalue weighted by Crippen LogP contribution is -2.27. The van der Waals surface area contributed by atoms with Gasteiger partial charge in [-0.2, -0.15) is 5.10 Å². The van der Waals surface area contributed by atoms with Gasteiger partial charge in [-0.1, -0.05) is 23.1 Å². The van der Waals surface area contributed by atoms with E-state index in [1.165, 1.54) is 35.9 Å². The van der Waals surface area contributed by atoms with E-state index in [0.717, 1.165) is 20.7 Å². The number of thioether (sulfide) groups is 1. The maximum absolute atomic E-state index is 12.1. The first-order valence-electron chi connectivity index (χ1n) is 6.83. The van der Waals surface area contributed by atoms with Crippen LogP contribution in [0.4, 0.5) is 0 Å². The summed E-state index contributed by atoms with van der Waals surface area (Å²) >= 11 is 2.95. The van der Waals surface area contributed by atoms with Gasteiger partial charge in [0.15, 0.2) is 4.34 Å². The third kappa shape index (κ3) is 3.82. The number of aryl methyl sites for hydroxylation is 1. The van der Waals surface area contributed by atoms with Crippen LogP contribution in [0.2, 0.25) is 0 Å². The van der Waals surface area contributed by atoms with Gasteiger partial charge in [-0.25, -0.2) is 0 Å². The Morgan fingerprint density at radius 1 is 1.52 bits per heavy atom. The minimum Gasteiger partial charge on any atom is -0.339 e. The van der Waals surface area contributed by atoms with E-state index in [1.54, 1.807) is 4.90 Å².